The van der Waals surface area contributed by atoms with Crippen molar-refractivity contribution in [1.29, 1.82) is 0 Å². The Balaban J connectivity index is 2.51. The van der Waals surface area contributed by atoms with E-state index in [1.807, 2.05) is 0 Å². The summed E-state index contributed by atoms with van der Waals surface area (Å²) in [5.41, 5.74) is -1.13. The minimum atomic E-state index is -1.13. The minimum Gasteiger partial charge on any atom is -0.481 e. The van der Waals surface area contributed by atoms with Crippen LogP contribution >= 0.6 is 0 Å². The van der Waals surface area contributed by atoms with Crippen molar-refractivity contribution in [2.24, 2.45) is 5.92 Å². The molecule has 5 nitrogen and oxygen atoms in total. The highest BCUT2D eigenvalue weighted by atomic mass is 19.1. The van der Waals surface area contributed by atoms with Crippen molar-refractivity contribution >= 4 is 11.9 Å². The lowest BCUT2D eigenvalue weighted by molar-refractivity contribution is -0.141. The zero-order chi connectivity index (χ0) is 16.0. The molecule has 1 aromatic rings. The summed E-state index contributed by atoms with van der Waals surface area (Å²) >= 11 is 0. The number of halogens is 1. The van der Waals surface area contributed by atoms with Crippen LogP contribution in [0.3, 0.4) is 0 Å². The molecule has 0 fully saturated rings. The highest BCUT2D eigenvalue weighted by Crippen LogP contribution is 2.19. The molecule has 1 rings (SSSR count). The van der Waals surface area contributed by atoms with Crippen LogP contribution in [0.4, 0.5) is 4.39 Å². The Hall–Kier alpha value is -2.11. The summed E-state index contributed by atoms with van der Waals surface area (Å²) in [5.74, 6) is -1.77. The van der Waals surface area contributed by atoms with Crippen LogP contribution in [0.15, 0.2) is 24.3 Å². The average Bonchev–Trinajstić information content (AvgIpc) is 2.40. The first-order valence-electron chi connectivity index (χ1n) is 6.68. The first-order valence-corrected chi connectivity index (χ1v) is 6.68. The van der Waals surface area contributed by atoms with Gasteiger partial charge in [-0.3, -0.25) is 9.59 Å². The number of aliphatic carboxylic acids is 1. The lowest BCUT2D eigenvalue weighted by atomic mass is 10.1. The predicted octanol–water partition coefficient (Wildman–Crippen LogP) is 2.21. The molecular formula is C15H20FNO4. The molecule has 0 saturated carbocycles. The second-order valence-electron chi connectivity index (χ2n) is 5.35. The van der Waals surface area contributed by atoms with Crippen LogP contribution < -0.4 is 10.1 Å². The Labute approximate surface area is 123 Å². The van der Waals surface area contributed by atoms with Crippen LogP contribution in [0.25, 0.3) is 0 Å². The number of nitrogens with one attached hydrogen (secondary N) is 1. The summed E-state index contributed by atoms with van der Waals surface area (Å²) in [5, 5.41) is 11.4. The fourth-order valence-corrected chi connectivity index (χ4v) is 1.58. The van der Waals surface area contributed by atoms with E-state index < -0.39 is 17.5 Å². The van der Waals surface area contributed by atoms with Gasteiger partial charge in [-0.1, -0.05) is 6.92 Å². The number of hydrogen-bond donors (Lipinski definition) is 2. The molecule has 0 spiro atoms. The predicted molar refractivity (Wildman–Crippen MR) is 75.5 cm³/mol. The van der Waals surface area contributed by atoms with Crippen molar-refractivity contribution in [3.63, 3.8) is 0 Å². The molecule has 1 unspecified atom stereocenters. The van der Waals surface area contributed by atoms with Crippen molar-refractivity contribution < 1.29 is 23.8 Å². The molecule has 1 aromatic carbocycles. The average molecular weight is 297 g/mol. The van der Waals surface area contributed by atoms with E-state index in [0.29, 0.717) is 12.2 Å². The maximum absolute atomic E-state index is 12.8. The van der Waals surface area contributed by atoms with Gasteiger partial charge in [-0.05, 0) is 44.5 Å². The van der Waals surface area contributed by atoms with Gasteiger partial charge < -0.3 is 15.2 Å². The van der Waals surface area contributed by atoms with Crippen molar-refractivity contribution in [2.45, 2.75) is 32.8 Å². The Morgan fingerprint density at radius 2 is 1.90 bits per heavy atom. The number of hydrogen-bond acceptors (Lipinski definition) is 3. The van der Waals surface area contributed by atoms with E-state index in [1.165, 1.54) is 24.3 Å². The van der Waals surface area contributed by atoms with Crippen molar-refractivity contribution in [3.05, 3.63) is 30.1 Å². The van der Waals surface area contributed by atoms with Crippen LogP contribution in [-0.2, 0) is 9.59 Å². The molecular weight excluding hydrogens is 277 g/mol. The van der Waals surface area contributed by atoms with Crippen LogP contribution in [0.1, 0.15) is 27.2 Å². The SMILES string of the molecule is CC(CCNC(=O)C(C)(C)Oc1ccc(F)cc1)C(=O)O. The van der Waals surface area contributed by atoms with E-state index in [-0.39, 0.29) is 18.3 Å². The number of carbonyl (C=O) groups excluding carboxylic acids is 1. The van der Waals surface area contributed by atoms with Gasteiger partial charge >= 0.3 is 5.97 Å². The fourth-order valence-electron chi connectivity index (χ4n) is 1.58. The van der Waals surface area contributed by atoms with Gasteiger partial charge in [-0.2, -0.15) is 0 Å². The van der Waals surface area contributed by atoms with Gasteiger partial charge in [0.05, 0.1) is 5.92 Å². The van der Waals surface area contributed by atoms with Gasteiger partial charge in [-0.15, -0.1) is 0 Å². The van der Waals surface area contributed by atoms with Gasteiger partial charge in [0.2, 0.25) is 0 Å². The second-order valence-corrected chi connectivity index (χ2v) is 5.35. The zero-order valence-corrected chi connectivity index (χ0v) is 12.4. The molecule has 6 heteroatoms. The van der Waals surface area contributed by atoms with E-state index in [9.17, 15) is 14.0 Å². The Kier molecular flexibility index (Phi) is 5.69. The van der Waals surface area contributed by atoms with Crippen LogP contribution in [-0.4, -0.2) is 29.1 Å². The Bertz CT molecular complexity index is 499. The maximum Gasteiger partial charge on any atom is 0.306 e. The van der Waals surface area contributed by atoms with Gasteiger partial charge in [0.25, 0.3) is 5.91 Å². The molecule has 1 atom stereocenters. The molecule has 1 amide bonds. The smallest absolute Gasteiger partial charge is 0.306 e. The molecule has 0 bridgehead atoms. The summed E-state index contributed by atoms with van der Waals surface area (Å²) in [6.45, 7) is 5.01. The van der Waals surface area contributed by atoms with E-state index in [2.05, 4.69) is 5.32 Å². The zero-order valence-electron chi connectivity index (χ0n) is 12.4. The lowest BCUT2D eigenvalue weighted by Gasteiger charge is -2.25. The van der Waals surface area contributed by atoms with Crippen LogP contribution in [0.5, 0.6) is 5.75 Å². The molecule has 0 aliphatic heterocycles. The number of amides is 1. The van der Waals surface area contributed by atoms with Crippen molar-refractivity contribution in [2.75, 3.05) is 6.54 Å². The standard InChI is InChI=1S/C15H20FNO4/c1-10(13(18)19)8-9-17-14(20)15(2,3)21-12-6-4-11(16)5-7-12/h4-7,10H,8-9H2,1-3H3,(H,17,20)(H,18,19). The molecule has 0 heterocycles. The third-order valence-corrected chi connectivity index (χ3v) is 3.02. The van der Waals surface area contributed by atoms with Crippen LogP contribution in [0.2, 0.25) is 0 Å². The molecule has 0 aliphatic rings. The highest BCUT2D eigenvalue weighted by Gasteiger charge is 2.29. The van der Waals surface area contributed by atoms with Crippen LogP contribution in [0, 0.1) is 11.7 Å². The quantitative estimate of drug-likeness (QED) is 0.809. The highest BCUT2D eigenvalue weighted by molar-refractivity contribution is 5.84. The van der Waals surface area contributed by atoms with E-state index in [4.69, 9.17) is 9.84 Å². The van der Waals surface area contributed by atoms with Crippen molar-refractivity contribution in [3.8, 4) is 5.75 Å². The number of benzene rings is 1. The first kappa shape index (κ1) is 16.9. The van der Waals surface area contributed by atoms with Crippen molar-refractivity contribution in [1.82, 2.24) is 5.32 Å². The molecule has 2 N–H and O–H groups in total. The summed E-state index contributed by atoms with van der Waals surface area (Å²) in [6, 6.07) is 5.38. The molecule has 21 heavy (non-hydrogen) atoms. The number of carboxylic acids is 1. The summed E-state index contributed by atoms with van der Waals surface area (Å²) in [6.07, 6.45) is 0.341. The number of carboxylic acid groups (broad SMARTS) is 1. The fraction of sp³-hybridized carbons (Fsp3) is 0.467. The molecule has 0 aromatic heterocycles. The third-order valence-electron chi connectivity index (χ3n) is 3.02. The largest absolute Gasteiger partial charge is 0.481 e. The van der Waals surface area contributed by atoms with E-state index in [1.54, 1.807) is 20.8 Å². The first-order chi connectivity index (χ1) is 9.72. The lowest BCUT2D eigenvalue weighted by Crippen LogP contribution is -2.47. The minimum absolute atomic E-state index is 0.252. The van der Waals surface area contributed by atoms with E-state index in [0.717, 1.165) is 0 Å². The second kappa shape index (κ2) is 7.06. The molecule has 0 saturated heterocycles. The van der Waals surface area contributed by atoms with E-state index >= 15 is 0 Å². The van der Waals surface area contributed by atoms with Gasteiger partial charge in [0.15, 0.2) is 5.60 Å². The molecule has 0 aliphatic carbocycles. The Morgan fingerprint density at radius 1 is 1.33 bits per heavy atom. The third kappa shape index (κ3) is 5.41. The summed E-state index contributed by atoms with van der Waals surface area (Å²) in [7, 11) is 0. The summed E-state index contributed by atoms with van der Waals surface area (Å²) in [4.78, 5) is 22.7. The summed E-state index contributed by atoms with van der Waals surface area (Å²) < 4.78 is 18.3. The van der Waals surface area contributed by atoms with Gasteiger partial charge in [0.1, 0.15) is 11.6 Å². The Morgan fingerprint density at radius 3 is 2.43 bits per heavy atom. The normalized spacial score (nSPS) is 12.6. The topological polar surface area (TPSA) is 75.6 Å². The molecule has 0 radical (unpaired) electrons. The maximum atomic E-state index is 12.8. The molecule has 116 valence electrons. The number of carbonyl (C=O) groups is 2. The van der Waals surface area contributed by atoms with Gasteiger partial charge in [0, 0.05) is 6.54 Å². The van der Waals surface area contributed by atoms with Gasteiger partial charge in [-0.25, -0.2) is 4.39 Å². The number of ether oxygens (including phenoxy) is 1. The monoisotopic (exact) mass is 297 g/mol. The number of rotatable bonds is 7.